The molecule has 7 heteroatoms. The van der Waals surface area contributed by atoms with Crippen molar-refractivity contribution in [2.75, 3.05) is 16.8 Å². The van der Waals surface area contributed by atoms with E-state index in [1.165, 1.54) is 11.3 Å². The van der Waals surface area contributed by atoms with Crippen LogP contribution in [0.1, 0.15) is 34.8 Å². The predicted molar refractivity (Wildman–Crippen MR) is 115 cm³/mol. The Balaban J connectivity index is 1.57. The number of anilines is 2. The zero-order valence-electron chi connectivity index (χ0n) is 16.6. The third-order valence-corrected chi connectivity index (χ3v) is 5.81. The Morgan fingerprint density at radius 2 is 2.03 bits per heavy atom. The van der Waals surface area contributed by atoms with E-state index in [9.17, 15) is 9.59 Å². The SMILES string of the molecule is Cc1sc(NC(=O)c2ccccn2)nc1-c1ccc2c(c1)CCN2C(=O)C(C)C. The second-order valence-corrected chi connectivity index (χ2v) is 8.53. The highest BCUT2D eigenvalue weighted by atomic mass is 32.1. The second-order valence-electron chi connectivity index (χ2n) is 7.33. The second kappa shape index (κ2) is 7.75. The first-order chi connectivity index (χ1) is 13.9. The maximum Gasteiger partial charge on any atom is 0.276 e. The van der Waals surface area contributed by atoms with Crippen LogP contribution in [0.2, 0.25) is 0 Å². The van der Waals surface area contributed by atoms with Crippen molar-refractivity contribution in [2.24, 2.45) is 5.92 Å². The molecule has 1 aliphatic heterocycles. The smallest absolute Gasteiger partial charge is 0.276 e. The number of amides is 2. The van der Waals surface area contributed by atoms with Gasteiger partial charge in [0.2, 0.25) is 5.91 Å². The molecular formula is C22H22N4O2S. The van der Waals surface area contributed by atoms with E-state index in [1.807, 2.05) is 37.8 Å². The average Bonchev–Trinajstić information content (AvgIpc) is 3.30. The summed E-state index contributed by atoms with van der Waals surface area (Å²) < 4.78 is 0. The van der Waals surface area contributed by atoms with Crippen molar-refractivity contribution in [1.29, 1.82) is 0 Å². The van der Waals surface area contributed by atoms with Gasteiger partial charge in [-0.05, 0) is 43.2 Å². The summed E-state index contributed by atoms with van der Waals surface area (Å²) in [5, 5.41) is 3.38. The van der Waals surface area contributed by atoms with Gasteiger partial charge in [0.1, 0.15) is 5.69 Å². The highest BCUT2D eigenvalue weighted by Gasteiger charge is 2.27. The number of rotatable bonds is 4. The van der Waals surface area contributed by atoms with Crippen LogP contribution < -0.4 is 10.2 Å². The number of hydrogen-bond acceptors (Lipinski definition) is 5. The number of nitrogens with zero attached hydrogens (tertiary/aromatic N) is 3. The Kier molecular flexibility index (Phi) is 5.15. The Morgan fingerprint density at radius 3 is 2.76 bits per heavy atom. The minimum absolute atomic E-state index is 0.0216. The van der Waals surface area contributed by atoms with Gasteiger partial charge in [-0.25, -0.2) is 4.98 Å². The van der Waals surface area contributed by atoms with Crippen molar-refractivity contribution >= 4 is 34.0 Å². The molecule has 0 radical (unpaired) electrons. The van der Waals surface area contributed by atoms with Gasteiger partial charge in [0.25, 0.3) is 5.91 Å². The molecule has 0 spiro atoms. The van der Waals surface area contributed by atoms with Gasteiger partial charge in [-0.1, -0.05) is 26.0 Å². The highest BCUT2D eigenvalue weighted by Crippen LogP contribution is 2.36. The van der Waals surface area contributed by atoms with E-state index in [-0.39, 0.29) is 17.7 Å². The molecule has 2 aromatic heterocycles. The Labute approximate surface area is 173 Å². The summed E-state index contributed by atoms with van der Waals surface area (Å²) in [7, 11) is 0. The molecular weight excluding hydrogens is 384 g/mol. The van der Waals surface area contributed by atoms with Crippen molar-refractivity contribution in [3.05, 3.63) is 58.7 Å². The molecule has 0 fully saturated rings. The fourth-order valence-electron chi connectivity index (χ4n) is 3.47. The zero-order valence-corrected chi connectivity index (χ0v) is 17.4. The molecule has 0 bridgehead atoms. The first kappa shape index (κ1) is 19.3. The van der Waals surface area contributed by atoms with Crippen LogP contribution in [-0.2, 0) is 11.2 Å². The monoisotopic (exact) mass is 406 g/mol. The molecule has 2 amide bonds. The van der Waals surface area contributed by atoms with Crippen LogP contribution >= 0.6 is 11.3 Å². The van der Waals surface area contributed by atoms with Crippen LogP contribution in [0.15, 0.2) is 42.6 Å². The molecule has 29 heavy (non-hydrogen) atoms. The van der Waals surface area contributed by atoms with Gasteiger partial charge < -0.3 is 4.90 Å². The van der Waals surface area contributed by atoms with E-state index in [0.29, 0.717) is 10.8 Å². The molecule has 1 aromatic carbocycles. The summed E-state index contributed by atoms with van der Waals surface area (Å²) in [6, 6.07) is 11.3. The zero-order chi connectivity index (χ0) is 20.5. The number of carbonyl (C=O) groups is 2. The van der Waals surface area contributed by atoms with Crippen molar-refractivity contribution in [3.63, 3.8) is 0 Å². The molecule has 148 valence electrons. The lowest BCUT2D eigenvalue weighted by atomic mass is 10.1. The third kappa shape index (κ3) is 3.78. The molecule has 0 unspecified atom stereocenters. The molecule has 0 saturated carbocycles. The molecule has 1 N–H and O–H groups in total. The summed E-state index contributed by atoms with van der Waals surface area (Å²) in [4.78, 5) is 36.3. The van der Waals surface area contributed by atoms with E-state index in [0.717, 1.165) is 40.4 Å². The minimum atomic E-state index is -0.275. The van der Waals surface area contributed by atoms with E-state index >= 15 is 0 Å². The van der Waals surface area contributed by atoms with Gasteiger partial charge in [0.15, 0.2) is 5.13 Å². The maximum absolute atomic E-state index is 12.4. The van der Waals surface area contributed by atoms with Gasteiger partial charge in [0.05, 0.1) is 5.69 Å². The van der Waals surface area contributed by atoms with Gasteiger partial charge >= 0.3 is 0 Å². The fourth-order valence-corrected chi connectivity index (χ4v) is 4.30. The number of pyridine rings is 1. The van der Waals surface area contributed by atoms with E-state index < -0.39 is 0 Å². The van der Waals surface area contributed by atoms with E-state index in [2.05, 4.69) is 21.4 Å². The standard InChI is InChI=1S/C22H22N4O2S/c1-13(2)21(28)26-11-9-15-12-16(7-8-18(15)26)19-14(3)29-22(24-19)25-20(27)17-6-4-5-10-23-17/h4-8,10,12-13H,9,11H2,1-3H3,(H,24,25,27). The van der Waals surface area contributed by atoms with Crippen LogP contribution in [0.4, 0.5) is 10.8 Å². The van der Waals surface area contributed by atoms with Gasteiger partial charge in [-0.3, -0.25) is 19.9 Å². The fraction of sp³-hybridized carbons (Fsp3) is 0.273. The first-order valence-corrected chi connectivity index (χ1v) is 10.4. The van der Waals surface area contributed by atoms with Crippen molar-refractivity contribution in [3.8, 4) is 11.3 Å². The number of aromatic nitrogens is 2. The maximum atomic E-state index is 12.4. The Bertz CT molecular complexity index is 1080. The third-order valence-electron chi connectivity index (χ3n) is 4.92. The Morgan fingerprint density at radius 1 is 1.21 bits per heavy atom. The number of aryl methyl sites for hydroxylation is 1. The lowest BCUT2D eigenvalue weighted by Gasteiger charge is -2.19. The summed E-state index contributed by atoms with van der Waals surface area (Å²) in [5.41, 5.74) is 4.35. The minimum Gasteiger partial charge on any atom is -0.312 e. The molecule has 3 heterocycles. The molecule has 3 aromatic rings. The summed E-state index contributed by atoms with van der Waals surface area (Å²) in [5.74, 6) is -0.143. The molecule has 0 saturated heterocycles. The molecule has 0 aliphatic carbocycles. The number of benzene rings is 1. The van der Waals surface area contributed by atoms with Crippen molar-refractivity contribution in [1.82, 2.24) is 9.97 Å². The van der Waals surface area contributed by atoms with Crippen LogP contribution in [0.5, 0.6) is 0 Å². The largest absolute Gasteiger partial charge is 0.312 e. The number of nitrogens with one attached hydrogen (secondary N) is 1. The van der Waals surface area contributed by atoms with Gasteiger partial charge in [-0.2, -0.15) is 0 Å². The van der Waals surface area contributed by atoms with Crippen LogP contribution in [0.3, 0.4) is 0 Å². The lowest BCUT2D eigenvalue weighted by molar-refractivity contribution is -0.121. The van der Waals surface area contributed by atoms with Crippen molar-refractivity contribution < 1.29 is 9.59 Å². The predicted octanol–water partition coefficient (Wildman–Crippen LogP) is 4.31. The van der Waals surface area contributed by atoms with Crippen LogP contribution in [0.25, 0.3) is 11.3 Å². The number of carbonyl (C=O) groups excluding carboxylic acids is 2. The van der Waals surface area contributed by atoms with Gasteiger partial charge in [-0.15, -0.1) is 11.3 Å². The average molecular weight is 407 g/mol. The van der Waals surface area contributed by atoms with Crippen LogP contribution in [0, 0.1) is 12.8 Å². The van der Waals surface area contributed by atoms with Crippen molar-refractivity contribution in [2.45, 2.75) is 27.2 Å². The number of fused-ring (bicyclic) bond motifs is 1. The quantitative estimate of drug-likeness (QED) is 0.700. The molecule has 6 nitrogen and oxygen atoms in total. The molecule has 4 rings (SSSR count). The first-order valence-electron chi connectivity index (χ1n) is 9.58. The van der Waals surface area contributed by atoms with E-state index in [4.69, 9.17) is 0 Å². The van der Waals surface area contributed by atoms with E-state index in [1.54, 1.807) is 24.4 Å². The lowest BCUT2D eigenvalue weighted by Crippen LogP contribution is -2.32. The summed E-state index contributed by atoms with van der Waals surface area (Å²) in [6.07, 6.45) is 2.43. The van der Waals surface area contributed by atoms with Crippen LogP contribution in [-0.4, -0.2) is 28.3 Å². The Hall–Kier alpha value is -3.06. The topological polar surface area (TPSA) is 75.2 Å². The molecule has 0 atom stereocenters. The highest BCUT2D eigenvalue weighted by molar-refractivity contribution is 7.16. The number of hydrogen-bond donors (Lipinski definition) is 1. The van der Waals surface area contributed by atoms with Gasteiger partial charge in [0, 0.05) is 34.8 Å². The summed E-state index contributed by atoms with van der Waals surface area (Å²) in [6.45, 7) is 6.56. The molecule has 1 aliphatic rings. The summed E-state index contributed by atoms with van der Waals surface area (Å²) >= 11 is 1.44. The number of thiazole rings is 1. The normalized spacial score (nSPS) is 12.9.